The molecule has 0 aromatic carbocycles. The molecule has 2 aromatic rings. The summed E-state index contributed by atoms with van der Waals surface area (Å²) in [5.41, 5.74) is 1.22. The van der Waals surface area contributed by atoms with Crippen molar-refractivity contribution in [3.8, 4) is 0 Å². The van der Waals surface area contributed by atoms with E-state index < -0.39 is 0 Å². The lowest BCUT2D eigenvalue weighted by molar-refractivity contribution is -0.119. The molecule has 2 atom stereocenters. The van der Waals surface area contributed by atoms with E-state index in [4.69, 9.17) is 0 Å². The van der Waals surface area contributed by atoms with Gasteiger partial charge in [0.15, 0.2) is 0 Å². The van der Waals surface area contributed by atoms with E-state index in [9.17, 15) is 4.79 Å². The Balaban J connectivity index is 0.00000208. The SMILES string of the molecule is Cc1sc2ncnc(SCC(=O)NC3CNCCC3C)c2c1C.Cl. The van der Waals surface area contributed by atoms with Crippen LogP contribution >= 0.6 is 35.5 Å². The zero-order valence-corrected chi connectivity index (χ0v) is 16.5. The number of hydrogen-bond donors (Lipinski definition) is 2. The van der Waals surface area contributed by atoms with E-state index in [1.807, 2.05) is 0 Å². The van der Waals surface area contributed by atoms with Crippen LogP contribution in [0.2, 0.25) is 0 Å². The lowest BCUT2D eigenvalue weighted by atomic mass is 9.95. The van der Waals surface area contributed by atoms with E-state index in [-0.39, 0.29) is 24.4 Å². The van der Waals surface area contributed by atoms with Crippen LogP contribution in [0, 0.1) is 19.8 Å². The average Bonchev–Trinajstić information content (AvgIpc) is 2.83. The van der Waals surface area contributed by atoms with Crippen molar-refractivity contribution in [1.29, 1.82) is 0 Å². The molecular formula is C16H23ClN4OS2. The molecule has 0 bridgehead atoms. The molecule has 24 heavy (non-hydrogen) atoms. The minimum absolute atomic E-state index is 0. The van der Waals surface area contributed by atoms with Gasteiger partial charge in [0.25, 0.3) is 0 Å². The number of nitrogens with one attached hydrogen (secondary N) is 2. The van der Waals surface area contributed by atoms with Crippen molar-refractivity contribution >= 4 is 51.6 Å². The molecule has 132 valence electrons. The van der Waals surface area contributed by atoms with Gasteiger partial charge in [-0.3, -0.25) is 4.79 Å². The summed E-state index contributed by atoms with van der Waals surface area (Å²) < 4.78 is 0. The Morgan fingerprint density at radius 2 is 2.25 bits per heavy atom. The fourth-order valence-corrected chi connectivity index (χ4v) is 4.75. The third-order valence-corrected chi connectivity index (χ3v) is 6.55. The number of nitrogens with zero attached hydrogens (tertiary/aromatic N) is 2. The summed E-state index contributed by atoms with van der Waals surface area (Å²) in [5.74, 6) is 0.994. The summed E-state index contributed by atoms with van der Waals surface area (Å²) in [5, 5.41) is 8.48. The molecule has 0 radical (unpaired) electrons. The van der Waals surface area contributed by atoms with Crippen LogP contribution in [-0.4, -0.2) is 40.8 Å². The quantitative estimate of drug-likeness (QED) is 0.624. The number of fused-ring (bicyclic) bond motifs is 1. The van der Waals surface area contributed by atoms with Crippen LogP contribution in [0.3, 0.4) is 0 Å². The maximum Gasteiger partial charge on any atom is 0.230 e. The van der Waals surface area contributed by atoms with Crippen LogP contribution in [-0.2, 0) is 4.79 Å². The number of aromatic nitrogens is 2. The molecule has 0 saturated carbocycles. The summed E-state index contributed by atoms with van der Waals surface area (Å²) in [4.78, 5) is 23.2. The number of hydrogen-bond acceptors (Lipinski definition) is 6. The highest BCUT2D eigenvalue weighted by Crippen LogP contribution is 2.34. The largest absolute Gasteiger partial charge is 0.351 e. The van der Waals surface area contributed by atoms with Crippen LogP contribution < -0.4 is 10.6 Å². The second-order valence-electron chi connectivity index (χ2n) is 6.07. The molecular weight excluding hydrogens is 364 g/mol. The third-order valence-electron chi connectivity index (χ3n) is 4.44. The molecule has 3 heterocycles. The summed E-state index contributed by atoms with van der Waals surface area (Å²) in [6, 6.07) is 0.229. The monoisotopic (exact) mass is 386 g/mol. The first-order valence-electron chi connectivity index (χ1n) is 7.90. The van der Waals surface area contributed by atoms with Crippen LogP contribution in [0.4, 0.5) is 0 Å². The third kappa shape index (κ3) is 4.20. The Morgan fingerprint density at radius 1 is 1.46 bits per heavy atom. The van der Waals surface area contributed by atoms with Gasteiger partial charge in [0.2, 0.25) is 5.91 Å². The van der Waals surface area contributed by atoms with Gasteiger partial charge < -0.3 is 10.6 Å². The number of amides is 1. The molecule has 0 spiro atoms. The highest BCUT2D eigenvalue weighted by Gasteiger charge is 2.22. The van der Waals surface area contributed by atoms with Gasteiger partial charge in [0.1, 0.15) is 16.2 Å². The van der Waals surface area contributed by atoms with Crippen molar-refractivity contribution in [1.82, 2.24) is 20.6 Å². The van der Waals surface area contributed by atoms with E-state index in [2.05, 4.69) is 41.4 Å². The number of carbonyl (C=O) groups is 1. The molecule has 3 rings (SSSR count). The number of thioether (sulfide) groups is 1. The van der Waals surface area contributed by atoms with E-state index in [0.29, 0.717) is 11.7 Å². The van der Waals surface area contributed by atoms with Crippen molar-refractivity contribution in [3.05, 3.63) is 16.8 Å². The maximum absolute atomic E-state index is 12.3. The highest BCUT2D eigenvalue weighted by atomic mass is 35.5. The first-order valence-corrected chi connectivity index (χ1v) is 9.70. The number of piperidine rings is 1. The first kappa shape index (κ1) is 19.4. The molecule has 2 N–H and O–H groups in total. The highest BCUT2D eigenvalue weighted by molar-refractivity contribution is 8.00. The molecule has 2 unspecified atom stereocenters. The minimum atomic E-state index is 0. The normalized spacial score (nSPS) is 20.6. The van der Waals surface area contributed by atoms with Gasteiger partial charge in [-0.2, -0.15) is 0 Å². The van der Waals surface area contributed by atoms with Crippen LogP contribution in [0.15, 0.2) is 11.4 Å². The Hall–Kier alpha value is -0.890. The number of carbonyl (C=O) groups excluding carboxylic acids is 1. The smallest absolute Gasteiger partial charge is 0.230 e. The van der Waals surface area contributed by atoms with Gasteiger partial charge in [-0.15, -0.1) is 23.7 Å². The van der Waals surface area contributed by atoms with Crippen molar-refractivity contribution in [3.63, 3.8) is 0 Å². The van der Waals surface area contributed by atoms with Crippen molar-refractivity contribution in [2.75, 3.05) is 18.8 Å². The second kappa shape index (κ2) is 8.47. The topological polar surface area (TPSA) is 66.9 Å². The van der Waals surface area contributed by atoms with E-state index in [0.717, 1.165) is 34.8 Å². The molecule has 1 saturated heterocycles. The molecule has 2 aromatic heterocycles. The first-order chi connectivity index (χ1) is 11.1. The van der Waals surface area contributed by atoms with Crippen LogP contribution in [0.5, 0.6) is 0 Å². The summed E-state index contributed by atoms with van der Waals surface area (Å²) in [6.07, 6.45) is 2.70. The van der Waals surface area contributed by atoms with Crippen molar-refractivity contribution in [2.24, 2.45) is 5.92 Å². The van der Waals surface area contributed by atoms with Crippen molar-refractivity contribution < 1.29 is 4.79 Å². The van der Waals surface area contributed by atoms with Gasteiger partial charge in [0, 0.05) is 22.8 Å². The standard InChI is InChI=1S/C16H22N4OS2.ClH/c1-9-4-5-17-6-12(9)20-13(21)7-22-15-14-10(2)11(3)23-16(14)19-8-18-15;/h8-9,12,17H,4-7H2,1-3H3,(H,20,21);1H. The molecule has 0 aliphatic carbocycles. The second-order valence-corrected chi connectivity index (χ2v) is 8.24. The van der Waals surface area contributed by atoms with E-state index >= 15 is 0 Å². The van der Waals surface area contributed by atoms with Crippen LogP contribution in [0.25, 0.3) is 10.2 Å². The predicted octanol–water partition coefficient (Wildman–Crippen LogP) is 2.94. The number of halogens is 1. The van der Waals surface area contributed by atoms with Gasteiger partial charge >= 0.3 is 0 Å². The van der Waals surface area contributed by atoms with Gasteiger partial charge in [-0.25, -0.2) is 9.97 Å². The predicted molar refractivity (Wildman–Crippen MR) is 103 cm³/mol. The lowest BCUT2D eigenvalue weighted by Crippen LogP contribution is -2.50. The number of rotatable bonds is 4. The van der Waals surface area contributed by atoms with Gasteiger partial charge in [-0.05, 0) is 38.3 Å². The van der Waals surface area contributed by atoms with Crippen LogP contribution in [0.1, 0.15) is 23.8 Å². The molecule has 1 amide bonds. The minimum Gasteiger partial charge on any atom is -0.351 e. The Morgan fingerprint density at radius 3 is 3.00 bits per heavy atom. The number of aryl methyl sites for hydroxylation is 2. The lowest BCUT2D eigenvalue weighted by Gasteiger charge is -2.30. The fraction of sp³-hybridized carbons (Fsp3) is 0.562. The fourth-order valence-electron chi connectivity index (χ4n) is 2.82. The van der Waals surface area contributed by atoms with E-state index in [1.54, 1.807) is 17.7 Å². The van der Waals surface area contributed by atoms with Gasteiger partial charge in [-0.1, -0.05) is 18.7 Å². The van der Waals surface area contributed by atoms with E-state index in [1.165, 1.54) is 22.2 Å². The Labute approximate surface area is 156 Å². The Bertz CT molecular complexity index is 721. The molecule has 1 fully saturated rings. The Kier molecular flexibility index (Phi) is 6.86. The summed E-state index contributed by atoms with van der Waals surface area (Å²) >= 11 is 3.18. The maximum atomic E-state index is 12.3. The zero-order valence-electron chi connectivity index (χ0n) is 14.1. The van der Waals surface area contributed by atoms with Gasteiger partial charge in [0.05, 0.1) is 5.75 Å². The zero-order chi connectivity index (χ0) is 16.4. The summed E-state index contributed by atoms with van der Waals surface area (Å²) in [7, 11) is 0. The molecule has 1 aliphatic heterocycles. The number of thiophene rings is 1. The molecule has 1 aliphatic rings. The average molecular weight is 387 g/mol. The molecule has 8 heteroatoms. The van der Waals surface area contributed by atoms with Crippen molar-refractivity contribution in [2.45, 2.75) is 38.3 Å². The summed E-state index contributed by atoms with van der Waals surface area (Å²) in [6.45, 7) is 8.29. The molecule has 5 nitrogen and oxygen atoms in total.